The smallest absolute Gasteiger partial charge is 0.271 e. The van der Waals surface area contributed by atoms with Crippen LogP contribution in [0.4, 0.5) is 0 Å². The number of hydrogen-bond donors (Lipinski definition) is 1. The molecule has 22 heavy (non-hydrogen) atoms. The molecule has 0 fully saturated rings. The topological polar surface area (TPSA) is 94.9 Å². The minimum absolute atomic E-state index is 0.0608. The molecule has 0 bridgehead atoms. The van der Waals surface area contributed by atoms with Crippen LogP contribution >= 0.6 is 11.8 Å². The summed E-state index contributed by atoms with van der Waals surface area (Å²) >= 11 is 1.27. The Morgan fingerprint density at radius 2 is 2.00 bits per heavy atom. The summed E-state index contributed by atoms with van der Waals surface area (Å²) in [5, 5.41) is 12.9. The van der Waals surface area contributed by atoms with Crippen molar-refractivity contribution in [2.24, 2.45) is 0 Å². The second kappa shape index (κ2) is 6.82. The average molecular weight is 323 g/mol. The van der Waals surface area contributed by atoms with Gasteiger partial charge in [-0.15, -0.1) is 10.2 Å². The molecule has 0 saturated carbocycles. The van der Waals surface area contributed by atoms with Gasteiger partial charge >= 0.3 is 0 Å². The summed E-state index contributed by atoms with van der Waals surface area (Å²) in [6, 6.07) is 1.94. The first-order valence-corrected chi connectivity index (χ1v) is 8.11. The van der Waals surface area contributed by atoms with Gasteiger partial charge in [0.1, 0.15) is 0 Å². The molecule has 0 unspecified atom stereocenters. The van der Waals surface area contributed by atoms with E-state index in [1.165, 1.54) is 16.4 Å². The highest BCUT2D eigenvalue weighted by Crippen LogP contribution is 2.18. The van der Waals surface area contributed by atoms with E-state index in [-0.39, 0.29) is 11.7 Å². The lowest BCUT2D eigenvalue weighted by atomic mass is 10.4. The molecule has 0 radical (unpaired) electrons. The molecular formula is C13H21N7OS. The van der Waals surface area contributed by atoms with Crippen molar-refractivity contribution in [3.63, 3.8) is 0 Å². The summed E-state index contributed by atoms with van der Waals surface area (Å²) in [5.41, 5.74) is 1.80. The molecule has 2 rings (SSSR count). The van der Waals surface area contributed by atoms with Crippen molar-refractivity contribution in [1.29, 1.82) is 0 Å². The lowest BCUT2D eigenvalue weighted by molar-refractivity contribution is -0.127. The highest BCUT2D eigenvalue weighted by Gasteiger charge is 2.17. The minimum Gasteiger partial charge on any atom is -0.343 e. The van der Waals surface area contributed by atoms with Gasteiger partial charge in [0.15, 0.2) is 0 Å². The highest BCUT2D eigenvalue weighted by molar-refractivity contribution is 7.99. The number of aromatic nitrogens is 5. The molecule has 0 aliphatic rings. The van der Waals surface area contributed by atoms with Crippen molar-refractivity contribution in [1.82, 2.24) is 29.6 Å². The molecule has 0 saturated heterocycles. The maximum atomic E-state index is 12.0. The van der Waals surface area contributed by atoms with E-state index in [9.17, 15) is 4.79 Å². The van der Waals surface area contributed by atoms with E-state index < -0.39 is 0 Å². The summed E-state index contributed by atoms with van der Waals surface area (Å²) in [7, 11) is 0. The zero-order valence-electron chi connectivity index (χ0n) is 13.3. The Bertz CT molecular complexity index is 659. The number of carbonyl (C=O) groups is 1. The Balaban J connectivity index is 2.12. The van der Waals surface area contributed by atoms with Crippen LogP contribution in [0.15, 0.2) is 11.2 Å². The van der Waals surface area contributed by atoms with Crippen LogP contribution in [0.3, 0.4) is 0 Å². The minimum atomic E-state index is 0.0608. The Hall–Kier alpha value is -2.03. The van der Waals surface area contributed by atoms with Gasteiger partial charge in [0.25, 0.3) is 5.95 Å². The van der Waals surface area contributed by atoms with Crippen LogP contribution in [-0.4, -0.2) is 54.3 Å². The molecule has 0 aliphatic heterocycles. The van der Waals surface area contributed by atoms with Gasteiger partial charge in [0, 0.05) is 18.8 Å². The Morgan fingerprint density at radius 3 is 2.55 bits per heavy atom. The Morgan fingerprint density at radius 1 is 1.32 bits per heavy atom. The van der Waals surface area contributed by atoms with Crippen LogP contribution in [-0.2, 0) is 4.79 Å². The van der Waals surface area contributed by atoms with Crippen LogP contribution in [0.2, 0.25) is 0 Å². The van der Waals surface area contributed by atoms with Crippen LogP contribution in [0, 0.1) is 13.8 Å². The lowest BCUT2D eigenvalue weighted by Crippen LogP contribution is -2.32. The van der Waals surface area contributed by atoms with Crippen molar-refractivity contribution in [2.45, 2.75) is 32.9 Å². The van der Waals surface area contributed by atoms with E-state index >= 15 is 0 Å². The van der Waals surface area contributed by atoms with Gasteiger partial charge < -0.3 is 10.7 Å². The zero-order valence-corrected chi connectivity index (χ0v) is 14.1. The monoisotopic (exact) mass is 323 g/mol. The molecule has 0 spiro atoms. The number of nitrogens with zero attached hydrogens (tertiary/aromatic N) is 6. The number of thioether (sulfide) groups is 1. The van der Waals surface area contributed by atoms with Crippen molar-refractivity contribution in [2.75, 3.05) is 24.7 Å². The maximum absolute atomic E-state index is 12.0. The fourth-order valence-electron chi connectivity index (χ4n) is 2.14. The number of amides is 1. The summed E-state index contributed by atoms with van der Waals surface area (Å²) in [6.45, 7) is 9.13. The van der Waals surface area contributed by atoms with Crippen molar-refractivity contribution >= 4 is 17.7 Å². The number of rotatable bonds is 6. The van der Waals surface area contributed by atoms with E-state index in [2.05, 4.69) is 15.3 Å². The Labute approximate surface area is 133 Å². The molecule has 0 aromatic carbocycles. The summed E-state index contributed by atoms with van der Waals surface area (Å²) in [4.78, 5) is 13.8. The largest absolute Gasteiger partial charge is 0.343 e. The molecule has 2 aromatic rings. The zero-order chi connectivity index (χ0) is 16.3. The van der Waals surface area contributed by atoms with Gasteiger partial charge in [-0.2, -0.15) is 5.10 Å². The fourth-order valence-corrected chi connectivity index (χ4v) is 2.89. The van der Waals surface area contributed by atoms with Gasteiger partial charge in [-0.05, 0) is 33.8 Å². The fraction of sp³-hybridized carbons (Fsp3) is 0.538. The number of nitrogen functional groups attached to an aromatic ring is 1. The van der Waals surface area contributed by atoms with Crippen molar-refractivity contribution < 1.29 is 4.79 Å². The summed E-state index contributed by atoms with van der Waals surface area (Å²) in [6.07, 6.45) is 0. The van der Waals surface area contributed by atoms with E-state index in [0.29, 0.717) is 24.2 Å². The Kier molecular flexibility index (Phi) is 5.07. The summed E-state index contributed by atoms with van der Waals surface area (Å²) < 4.78 is 3.00. The molecule has 2 aromatic heterocycles. The van der Waals surface area contributed by atoms with Gasteiger partial charge in [-0.1, -0.05) is 11.8 Å². The number of carbonyl (C=O) groups excluding carboxylic acids is 1. The molecular weight excluding hydrogens is 302 g/mol. The number of hydrogen-bond acceptors (Lipinski definition) is 6. The SMILES string of the molecule is CCN(CC)C(=O)CSc1nnc(-n2nc(C)cc2C)n1N. The normalized spacial score (nSPS) is 10.9. The molecule has 0 aliphatic carbocycles. The van der Waals surface area contributed by atoms with Gasteiger partial charge in [0.2, 0.25) is 11.1 Å². The number of aryl methyl sites for hydroxylation is 2. The van der Waals surface area contributed by atoms with Gasteiger partial charge in [-0.3, -0.25) is 4.79 Å². The van der Waals surface area contributed by atoms with Crippen LogP contribution in [0.1, 0.15) is 25.2 Å². The van der Waals surface area contributed by atoms with Gasteiger partial charge in [-0.25, -0.2) is 9.36 Å². The molecule has 1 amide bonds. The first-order valence-electron chi connectivity index (χ1n) is 7.12. The second-order valence-corrected chi connectivity index (χ2v) is 5.79. The molecule has 0 atom stereocenters. The first kappa shape index (κ1) is 16.3. The van der Waals surface area contributed by atoms with Crippen molar-refractivity contribution in [3.8, 4) is 5.95 Å². The van der Waals surface area contributed by atoms with Gasteiger partial charge in [0.05, 0.1) is 11.4 Å². The third-order valence-corrected chi connectivity index (χ3v) is 4.21. The number of nitrogens with two attached hydrogens (primary N) is 1. The van der Waals surface area contributed by atoms with Crippen molar-refractivity contribution in [3.05, 3.63) is 17.5 Å². The molecule has 120 valence electrons. The predicted molar refractivity (Wildman–Crippen MR) is 85.4 cm³/mol. The quantitative estimate of drug-likeness (QED) is 0.623. The molecule has 2 heterocycles. The predicted octanol–water partition coefficient (Wildman–Crippen LogP) is 0.755. The average Bonchev–Trinajstić information content (AvgIpc) is 3.00. The van der Waals surface area contributed by atoms with Crippen LogP contribution in [0.5, 0.6) is 0 Å². The maximum Gasteiger partial charge on any atom is 0.271 e. The molecule has 2 N–H and O–H groups in total. The molecule has 9 heteroatoms. The first-order chi connectivity index (χ1) is 10.5. The third kappa shape index (κ3) is 3.24. The molecule has 8 nitrogen and oxygen atoms in total. The second-order valence-electron chi connectivity index (χ2n) is 4.85. The standard InChI is InChI=1S/C13H21N7OS/c1-5-18(6-2)11(21)8-22-13-16-15-12(19(13)14)20-10(4)7-9(3)17-20/h7H,5-6,8,14H2,1-4H3. The van der Waals surface area contributed by atoms with E-state index in [1.54, 1.807) is 9.58 Å². The van der Waals surface area contributed by atoms with E-state index in [1.807, 2.05) is 33.8 Å². The summed E-state index contributed by atoms with van der Waals surface area (Å²) in [5.74, 6) is 6.81. The van der Waals surface area contributed by atoms with E-state index in [0.717, 1.165) is 11.4 Å². The van der Waals surface area contributed by atoms with Crippen LogP contribution < -0.4 is 5.84 Å². The lowest BCUT2D eigenvalue weighted by Gasteiger charge is -2.17. The van der Waals surface area contributed by atoms with E-state index in [4.69, 9.17) is 5.84 Å². The highest BCUT2D eigenvalue weighted by atomic mass is 32.2. The van der Waals surface area contributed by atoms with Crippen LogP contribution in [0.25, 0.3) is 5.95 Å². The third-order valence-electron chi connectivity index (χ3n) is 3.29.